The van der Waals surface area contributed by atoms with Crippen LogP contribution in [0.25, 0.3) is 0 Å². The predicted molar refractivity (Wildman–Crippen MR) is 107 cm³/mol. The molecule has 0 saturated carbocycles. The molecule has 1 aliphatic rings. The summed E-state index contributed by atoms with van der Waals surface area (Å²) < 4.78 is 4.96. The molecule has 146 valence electrons. The van der Waals surface area contributed by atoms with Crippen molar-refractivity contribution in [2.24, 2.45) is 0 Å². The number of benzene rings is 2. The van der Waals surface area contributed by atoms with Crippen LogP contribution < -0.4 is 16.4 Å². The standard InChI is InChI=1S/C20H22N4O4/c1-12-4-7-17(16(21)10-12)23-20(27)22-13-5-6-14-15(11-13)19(26)24(18(14)25)8-3-9-28-2/h4-7,10-11H,3,8-9,21H2,1-2H3,(H2,22,23,27). The van der Waals surface area contributed by atoms with E-state index in [2.05, 4.69) is 10.6 Å². The van der Waals surface area contributed by atoms with Gasteiger partial charge in [0.05, 0.1) is 22.5 Å². The van der Waals surface area contributed by atoms with Gasteiger partial charge in [0.2, 0.25) is 0 Å². The fourth-order valence-electron chi connectivity index (χ4n) is 3.02. The quantitative estimate of drug-likeness (QED) is 0.404. The van der Waals surface area contributed by atoms with Crippen LogP contribution in [-0.4, -0.2) is 43.0 Å². The van der Waals surface area contributed by atoms with E-state index in [1.807, 2.05) is 13.0 Å². The molecule has 8 heteroatoms. The molecule has 4 N–H and O–H groups in total. The van der Waals surface area contributed by atoms with Gasteiger partial charge in [-0.05, 0) is 49.2 Å². The van der Waals surface area contributed by atoms with Gasteiger partial charge in [-0.1, -0.05) is 6.07 Å². The molecule has 0 spiro atoms. The molecule has 3 rings (SSSR count). The maximum absolute atomic E-state index is 12.5. The Kier molecular flexibility index (Phi) is 5.60. The molecule has 0 fully saturated rings. The third-order valence-electron chi connectivity index (χ3n) is 4.41. The first-order valence-corrected chi connectivity index (χ1v) is 8.84. The smallest absolute Gasteiger partial charge is 0.323 e. The summed E-state index contributed by atoms with van der Waals surface area (Å²) in [6, 6.07) is 9.45. The summed E-state index contributed by atoms with van der Waals surface area (Å²) in [6.45, 7) is 2.65. The lowest BCUT2D eigenvalue weighted by Crippen LogP contribution is -2.31. The lowest BCUT2D eigenvalue weighted by Gasteiger charge is -2.12. The minimum absolute atomic E-state index is 0.273. The fraction of sp³-hybridized carbons (Fsp3) is 0.250. The predicted octanol–water partition coefficient (Wildman–Crippen LogP) is 2.85. The Morgan fingerprint density at radius 1 is 1.07 bits per heavy atom. The van der Waals surface area contributed by atoms with Crippen molar-refractivity contribution in [3.05, 3.63) is 53.1 Å². The van der Waals surface area contributed by atoms with Crippen LogP contribution in [0.1, 0.15) is 32.7 Å². The molecule has 0 bridgehead atoms. The van der Waals surface area contributed by atoms with Crippen LogP contribution in [0.15, 0.2) is 36.4 Å². The van der Waals surface area contributed by atoms with E-state index in [1.54, 1.807) is 31.4 Å². The summed E-state index contributed by atoms with van der Waals surface area (Å²) in [5, 5.41) is 5.32. The number of anilines is 3. The van der Waals surface area contributed by atoms with Gasteiger partial charge in [-0.3, -0.25) is 14.5 Å². The van der Waals surface area contributed by atoms with Crippen molar-refractivity contribution >= 4 is 34.9 Å². The normalized spacial score (nSPS) is 12.9. The van der Waals surface area contributed by atoms with E-state index in [-0.39, 0.29) is 23.9 Å². The van der Waals surface area contributed by atoms with E-state index in [9.17, 15) is 14.4 Å². The maximum Gasteiger partial charge on any atom is 0.323 e. The Labute approximate surface area is 162 Å². The Hall–Kier alpha value is -3.39. The van der Waals surface area contributed by atoms with E-state index in [1.165, 1.54) is 11.0 Å². The first kappa shape index (κ1) is 19.4. The molecule has 1 aliphatic heterocycles. The van der Waals surface area contributed by atoms with Gasteiger partial charge in [0.1, 0.15) is 0 Å². The lowest BCUT2D eigenvalue weighted by atomic mass is 10.1. The van der Waals surface area contributed by atoms with Gasteiger partial charge in [0.25, 0.3) is 11.8 Å². The average molecular weight is 382 g/mol. The topological polar surface area (TPSA) is 114 Å². The van der Waals surface area contributed by atoms with Crippen LogP contribution in [0.5, 0.6) is 0 Å². The summed E-state index contributed by atoms with van der Waals surface area (Å²) in [5.41, 5.74) is 8.83. The van der Waals surface area contributed by atoms with Gasteiger partial charge in [0.15, 0.2) is 0 Å². The molecule has 28 heavy (non-hydrogen) atoms. The zero-order valence-electron chi connectivity index (χ0n) is 15.7. The molecule has 0 unspecified atom stereocenters. The van der Waals surface area contributed by atoms with Gasteiger partial charge < -0.3 is 21.1 Å². The van der Waals surface area contributed by atoms with Crippen LogP contribution in [-0.2, 0) is 4.74 Å². The summed E-state index contributed by atoms with van der Waals surface area (Å²) in [4.78, 5) is 38.4. The summed E-state index contributed by atoms with van der Waals surface area (Å²) in [7, 11) is 1.57. The minimum Gasteiger partial charge on any atom is -0.397 e. The van der Waals surface area contributed by atoms with Crippen LogP contribution >= 0.6 is 0 Å². The van der Waals surface area contributed by atoms with Gasteiger partial charge in [0, 0.05) is 25.9 Å². The number of hydrogen-bond donors (Lipinski definition) is 3. The summed E-state index contributed by atoms with van der Waals surface area (Å²) in [5.74, 6) is -0.706. The zero-order valence-corrected chi connectivity index (χ0v) is 15.7. The number of ether oxygens (including phenoxy) is 1. The second kappa shape index (κ2) is 8.10. The van der Waals surface area contributed by atoms with E-state index >= 15 is 0 Å². The third kappa shape index (κ3) is 3.96. The third-order valence-corrected chi connectivity index (χ3v) is 4.41. The van der Waals surface area contributed by atoms with Crippen molar-refractivity contribution < 1.29 is 19.1 Å². The number of aryl methyl sites for hydroxylation is 1. The molecule has 0 saturated heterocycles. The number of hydrogen-bond acceptors (Lipinski definition) is 5. The van der Waals surface area contributed by atoms with Crippen LogP contribution in [0.2, 0.25) is 0 Å². The number of nitrogen functional groups attached to an aromatic ring is 1. The Morgan fingerprint density at radius 2 is 1.82 bits per heavy atom. The lowest BCUT2D eigenvalue weighted by molar-refractivity contribution is 0.0638. The molecule has 4 amide bonds. The number of methoxy groups -OCH3 is 1. The number of urea groups is 1. The summed E-state index contributed by atoms with van der Waals surface area (Å²) in [6.07, 6.45) is 0.563. The highest BCUT2D eigenvalue weighted by molar-refractivity contribution is 6.22. The molecule has 0 radical (unpaired) electrons. The number of carbonyl (C=O) groups excluding carboxylic acids is 3. The molecule has 2 aromatic carbocycles. The average Bonchev–Trinajstić information content (AvgIpc) is 2.89. The SMILES string of the molecule is COCCCN1C(=O)c2ccc(NC(=O)Nc3ccc(C)cc3N)cc2C1=O. The number of carbonyl (C=O) groups is 3. The van der Waals surface area contributed by atoms with Gasteiger partial charge >= 0.3 is 6.03 Å². The second-order valence-corrected chi connectivity index (χ2v) is 6.54. The zero-order chi connectivity index (χ0) is 20.3. The van der Waals surface area contributed by atoms with Crippen molar-refractivity contribution in [3.8, 4) is 0 Å². The molecular weight excluding hydrogens is 360 g/mol. The van der Waals surface area contributed by atoms with Gasteiger partial charge in [-0.25, -0.2) is 4.79 Å². The van der Waals surface area contributed by atoms with Crippen molar-refractivity contribution in [2.45, 2.75) is 13.3 Å². The summed E-state index contributed by atoms with van der Waals surface area (Å²) >= 11 is 0. The fourth-order valence-corrected chi connectivity index (χ4v) is 3.02. The van der Waals surface area contributed by atoms with Crippen molar-refractivity contribution in [3.63, 3.8) is 0 Å². The second-order valence-electron chi connectivity index (χ2n) is 6.54. The van der Waals surface area contributed by atoms with Crippen LogP contribution in [0.4, 0.5) is 21.9 Å². The highest BCUT2D eigenvalue weighted by Crippen LogP contribution is 2.26. The maximum atomic E-state index is 12.5. The number of nitrogens with one attached hydrogen (secondary N) is 2. The molecule has 8 nitrogen and oxygen atoms in total. The van der Waals surface area contributed by atoms with E-state index in [4.69, 9.17) is 10.5 Å². The first-order valence-electron chi connectivity index (χ1n) is 8.84. The highest BCUT2D eigenvalue weighted by Gasteiger charge is 2.35. The molecule has 2 aromatic rings. The number of imide groups is 1. The van der Waals surface area contributed by atoms with Crippen LogP contribution in [0.3, 0.4) is 0 Å². The van der Waals surface area contributed by atoms with Crippen molar-refractivity contribution in [1.82, 2.24) is 4.90 Å². The largest absolute Gasteiger partial charge is 0.397 e. The molecule has 1 heterocycles. The van der Waals surface area contributed by atoms with E-state index < -0.39 is 6.03 Å². The molecule has 0 aromatic heterocycles. The molecular formula is C20H22N4O4. The Balaban J connectivity index is 1.70. The highest BCUT2D eigenvalue weighted by atomic mass is 16.5. The van der Waals surface area contributed by atoms with Crippen molar-refractivity contribution in [1.29, 1.82) is 0 Å². The van der Waals surface area contributed by atoms with Gasteiger partial charge in [-0.2, -0.15) is 0 Å². The Morgan fingerprint density at radius 3 is 2.54 bits per heavy atom. The number of rotatable bonds is 6. The first-order chi connectivity index (χ1) is 13.4. The number of amides is 4. The monoisotopic (exact) mass is 382 g/mol. The van der Waals surface area contributed by atoms with Crippen molar-refractivity contribution in [2.75, 3.05) is 36.6 Å². The number of nitrogens with two attached hydrogens (primary N) is 1. The Bertz CT molecular complexity index is 942. The van der Waals surface area contributed by atoms with Gasteiger partial charge in [-0.15, -0.1) is 0 Å². The minimum atomic E-state index is -0.496. The van der Waals surface area contributed by atoms with Crippen LogP contribution in [0, 0.1) is 6.92 Å². The number of fused-ring (bicyclic) bond motifs is 1. The number of nitrogens with zero attached hydrogens (tertiary/aromatic N) is 1. The van der Waals surface area contributed by atoms with E-state index in [0.717, 1.165) is 5.56 Å². The van der Waals surface area contributed by atoms with E-state index in [0.29, 0.717) is 35.7 Å². The molecule has 0 aliphatic carbocycles. The molecule has 0 atom stereocenters.